The zero-order valence-electron chi connectivity index (χ0n) is 59.0. The second-order valence-corrected chi connectivity index (χ2v) is 29.7. The molecule has 6 aromatic heterocycles. The fourth-order valence-corrected chi connectivity index (χ4v) is 16.4. The summed E-state index contributed by atoms with van der Waals surface area (Å²) in [7, 11) is 9.93. The molecule has 5 aromatic carbocycles. The number of methoxy groups -OCH3 is 6. The third-order valence-corrected chi connectivity index (χ3v) is 22.2. The van der Waals surface area contributed by atoms with Gasteiger partial charge in [-0.25, -0.2) is 15.0 Å². The summed E-state index contributed by atoms with van der Waals surface area (Å²) >= 11 is 19.7. The summed E-state index contributed by atoms with van der Waals surface area (Å²) in [5.41, 5.74) is 16.3. The molecule has 3 N–H and O–H groups in total. The van der Waals surface area contributed by atoms with Crippen molar-refractivity contribution >= 4 is 104 Å². The maximum Gasteiger partial charge on any atom is 0.163 e. The number of halogens is 4. The summed E-state index contributed by atoms with van der Waals surface area (Å²) in [4.78, 5) is 18.6. The first-order valence-electron chi connectivity index (χ1n) is 34.4. The van der Waals surface area contributed by atoms with Crippen molar-refractivity contribution in [2.75, 3.05) is 48.0 Å². The number of rotatable bonds is 21. The number of pyridine rings is 4. The molecule has 542 valence electrons. The minimum atomic E-state index is -0.640. The van der Waals surface area contributed by atoms with Crippen molar-refractivity contribution in [3.63, 3.8) is 0 Å². The molecular formula is C81H90Br2Cl2N8O10. The van der Waals surface area contributed by atoms with E-state index in [-0.39, 0.29) is 43.9 Å². The van der Waals surface area contributed by atoms with E-state index in [0.29, 0.717) is 35.2 Å². The number of anilines is 1. The summed E-state index contributed by atoms with van der Waals surface area (Å²) in [6.45, 7) is 9.11. The lowest BCUT2D eigenvalue weighted by Gasteiger charge is -2.25. The first-order valence-corrected chi connectivity index (χ1v) is 36.8. The Morgan fingerprint density at radius 1 is 0.505 bits per heavy atom. The Kier molecular flexibility index (Phi) is 23.5. The first-order chi connectivity index (χ1) is 49.3. The third-order valence-electron chi connectivity index (χ3n) is 20.2. The average molecular weight is 1570 g/mol. The van der Waals surface area contributed by atoms with Crippen molar-refractivity contribution in [3.05, 3.63) is 205 Å². The molecule has 8 atom stereocenters. The number of nitrogens with one attached hydrogen (secondary N) is 1. The number of benzene rings is 5. The Hall–Kier alpha value is -7.76. The smallest absolute Gasteiger partial charge is 0.163 e. The summed E-state index contributed by atoms with van der Waals surface area (Å²) in [6.07, 6.45) is 15.4. The molecule has 4 aliphatic rings. The van der Waals surface area contributed by atoms with Crippen LogP contribution in [0.2, 0.25) is 10.3 Å². The molecule has 2 aliphatic carbocycles. The molecule has 0 unspecified atom stereocenters. The van der Waals surface area contributed by atoms with Crippen LogP contribution in [0.15, 0.2) is 161 Å². The Balaban J connectivity index is 0.000000179. The van der Waals surface area contributed by atoms with Gasteiger partial charge < -0.3 is 67.6 Å². The lowest BCUT2D eigenvalue weighted by molar-refractivity contribution is -0.160. The highest BCUT2D eigenvalue weighted by Gasteiger charge is 2.56. The Morgan fingerprint density at radius 3 is 1.52 bits per heavy atom. The lowest BCUT2D eigenvalue weighted by Crippen LogP contribution is -2.27. The molecule has 2 aliphatic heterocycles. The highest BCUT2D eigenvalue weighted by atomic mass is 79.9. The minimum Gasteiger partial charge on any atom is -0.497 e. The number of aryl methyl sites for hydroxylation is 4. The maximum atomic E-state index is 6.67. The normalized spacial score (nSPS) is 20.5. The monoisotopic (exact) mass is 1560 g/mol. The van der Waals surface area contributed by atoms with Gasteiger partial charge in [0, 0.05) is 88.7 Å². The number of ether oxygens (including phenoxy) is 10. The van der Waals surface area contributed by atoms with Crippen LogP contribution >= 0.6 is 55.1 Å². The lowest BCUT2D eigenvalue weighted by atomic mass is 9.95. The highest BCUT2D eigenvalue weighted by molar-refractivity contribution is 9.11. The van der Waals surface area contributed by atoms with Crippen molar-refractivity contribution < 1.29 is 47.4 Å². The predicted octanol–water partition coefficient (Wildman–Crippen LogP) is 18.7. The van der Waals surface area contributed by atoms with Gasteiger partial charge >= 0.3 is 0 Å². The van der Waals surface area contributed by atoms with Crippen LogP contribution in [-0.2, 0) is 57.7 Å². The fraction of sp³-hybridized carbons (Fsp3) is 0.383. The molecule has 0 radical (unpaired) electrons. The maximum absolute atomic E-state index is 6.67. The largest absolute Gasteiger partial charge is 0.497 e. The number of nitrogens with zero attached hydrogens (tertiary/aromatic N) is 6. The molecular weight excluding hydrogens is 1480 g/mol. The van der Waals surface area contributed by atoms with E-state index in [4.69, 9.17) is 86.3 Å². The van der Waals surface area contributed by atoms with E-state index in [0.717, 1.165) is 156 Å². The molecule has 2 saturated carbocycles. The number of nitrogens with two attached hydrogens (primary N) is 1. The molecule has 11 aromatic rings. The quantitative estimate of drug-likeness (QED) is 0.0645. The van der Waals surface area contributed by atoms with Crippen molar-refractivity contribution in [1.29, 1.82) is 0 Å². The van der Waals surface area contributed by atoms with E-state index in [9.17, 15) is 0 Å². The summed E-state index contributed by atoms with van der Waals surface area (Å²) < 4.78 is 64.8. The fourth-order valence-electron chi connectivity index (χ4n) is 15.2. The molecule has 15 rings (SSSR count). The van der Waals surface area contributed by atoms with Crippen molar-refractivity contribution in [2.45, 2.75) is 148 Å². The van der Waals surface area contributed by atoms with Gasteiger partial charge in [0.2, 0.25) is 0 Å². The van der Waals surface area contributed by atoms with E-state index in [2.05, 4.69) is 129 Å². The van der Waals surface area contributed by atoms with Gasteiger partial charge in [-0.1, -0.05) is 67.0 Å². The molecule has 0 spiro atoms. The van der Waals surface area contributed by atoms with E-state index in [1.165, 1.54) is 22.0 Å². The van der Waals surface area contributed by atoms with Gasteiger partial charge in [0.25, 0.3) is 0 Å². The average Bonchev–Trinajstić information content (AvgIpc) is 1.60. The van der Waals surface area contributed by atoms with Crippen LogP contribution in [-0.4, -0.2) is 108 Å². The van der Waals surface area contributed by atoms with Gasteiger partial charge in [-0.2, -0.15) is 0 Å². The number of hydrogen-bond donors (Lipinski definition) is 2. The van der Waals surface area contributed by atoms with Crippen LogP contribution in [0.1, 0.15) is 106 Å². The summed E-state index contributed by atoms with van der Waals surface area (Å²) in [5.74, 6) is 4.95. The van der Waals surface area contributed by atoms with E-state index < -0.39 is 11.6 Å². The van der Waals surface area contributed by atoms with Crippen LogP contribution in [0.25, 0.3) is 43.6 Å². The molecule has 4 fully saturated rings. The van der Waals surface area contributed by atoms with Crippen LogP contribution in [0.3, 0.4) is 0 Å². The Labute approximate surface area is 629 Å². The standard InChI is InChI=1S/C45H49BrN4O6.C26H24BrCl2N3O2.C9H13NO2.CH4/c1-45(2)55-42-30(10-8-27-7-9-29-22-35(46)44(49-37(29)21-27)48-26-31-12-15-33(52-4)25-41(31)54-6)23-39(43(42)56-45)50-20-18-34-36(47-19-17-38(34)50)16-13-28-11-14-32(51-3)24-40(28)53-5;1-26(2)33-22-16(6-4-14-3-5-15-12-18(27)25(29)31-19(15)11-14)13-21(23(22)34-26)32-10-8-17-20(32)7-9-30-24(17)28;1-11-8-4-3-7(6-10)9(5-8)12-2;/h7,9,11-12,14-15,17-22,24-25,30,39,42-43H,8,10,13,16,23,26H2,1-6H3,(H,48,49);3,5,7-12,16,21-23H,4,6,13H2,1-2H3;3-5H,6,10H2,1-2H3;1H4/t30-,39+,42+,43-;16-,21+,22+,23-;;/m00../s1. The van der Waals surface area contributed by atoms with E-state index >= 15 is 0 Å². The van der Waals surface area contributed by atoms with Crippen LogP contribution < -0.4 is 39.5 Å². The Bertz CT molecular complexity index is 4820. The Morgan fingerprint density at radius 2 is 0.981 bits per heavy atom. The molecule has 8 heterocycles. The molecule has 0 amide bonds. The highest BCUT2D eigenvalue weighted by Crippen LogP contribution is 2.51. The second-order valence-electron chi connectivity index (χ2n) is 27.2. The van der Waals surface area contributed by atoms with Gasteiger partial charge in [0.05, 0.1) is 104 Å². The molecule has 18 nitrogen and oxygen atoms in total. The van der Waals surface area contributed by atoms with Crippen LogP contribution in [0.5, 0.6) is 34.5 Å². The van der Waals surface area contributed by atoms with Gasteiger partial charge in [0.1, 0.15) is 62.8 Å². The third kappa shape index (κ3) is 16.4. The summed E-state index contributed by atoms with van der Waals surface area (Å²) in [6, 6.07) is 43.3. The first kappa shape index (κ1) is 74.9. The molecule has 22 heteroatoms. The molecule has 103 heavy (non-hydrogen) atoms. The van der Waals surface area contributed by atoms with Crippen LogP contribution in [0, 0.1) is 11.8 Å². The van der Waals surface area contributed by atoms with Gasteiger partial charge in [-0.15, -0.1) is 0 Å². The number of fused-ring (bicyclic) bond motifs is 6. The van der Waals surface area contributed by atoms with Crippen LogP contribution in [0.4, 0.5) is 5.82 Å². The number of aromatic nitrogens is 6. The predicted molar refractivity (Wildman–Crippen MR) is 415 cm³/mol. The minimum absolute atomic E-state index is 0. The molecule has 2 saturated heterocycles. The van der Waals surface area contributed by atoms with Gasteiger partial charge in [0.15, 0.2) is 11.6 Å². The summed E-state index contributed by atoms with van der Waals surface area (Å²) in [5, 5.41) is 8.81. The van der Waals surface area contributed by atoms with Crippen molar-refractivity contribution in [3.8, 4) is 34.5 Å². The van der Waals surface area contributed by atoms with E-state index in [1.807, 2.05) is 101 Å². The van der Waals surface area contributed by atoms with Gasteiger partial charge in [-0.05, 0) is 212 Å². The van der Waals surface area contributed by atoms with E-state index in [1.54, 1.807) is 48.9 Å². The zero-order chi connectivity index (χ0) is 71.6. The van der Waals surface area contributed by atoms with Crippen molar-refractivity contribution in [2.24, 2.45) is 17.6 Å². The molecule has 0 bridgehead atoms. The SMILES string of the molecule is C.CC1(C)O[C@@H]2[C@@H](CCc3ccc4cc(Br)c(Cl)nc4c3)C[C@@H](n3ccc4c(Cl)nccc43)[C@@H]2O1.COc1ccc(CCc2nccc3c2ccn3[C@@H]2C[C@H](CCc3ccc4cc(Br)c(NCc5ccc(OC)cc5OC)nc4c3)[C@H]3OC(C)(C)O[C@H]32)c(OC)c1.COc1ccc(CN)c(OC)c1. The zero-order valence-corrected chi connectivity index (χ0v) is 63.7. The number of hydrogen-bond acceptors (Lipinski definition) is 16. The topological polar surface area (TPSA) is 192 Å². The van der Waals surface area contributed by atoms with Gasteiger partial charge in [-0.3, -0.25) is 4.98 Å². The van der Waals surface area contributed by atoms with Crippen molar-refractivity contribution in [1.82, 2.24) is 29.1 Å². The second kappa shape index (κ2) is 32.3.